The van der Waals surface area contributed by atoms with Gasteiger partial charge in [-0.2, -0.15) is 4.31 Å². The Bertz CT molecular complexity index is 901. The van der Waals surface area contributed by atoms with Crippen molar-refractivity contribution in [2.24, 2.45) is 0 Å². The van der Waals surface area contributed by atoms with Gasteiger partial charge in [-0.1, -0.05) is 55.8 Å². The van der Waals surface area contributed by atoms with Gasteiger partial charge in [-0.05, 0) is 30.7 Å². The Morgan fingerprint density at radius 3 is 2.39 bits per heavy atom. The molecule has 152 valence electrons. The topological polar surface area (TPSA) is 66.5 Å². The summed E-state index contributed by atoms with van der Waals surface area (Å²) < 4.78 is 26.9. The molecule has 5 nitrogen and oxygen atoms in total. The molecule has 1 unspecified atom stereocenters. The number of amides is 1. The number of anilines is 1. The summed E-state index contributed by atoms with van der Waals surface area (Å²) in [5.74, 6) is 0.534. The Kier molecular flexibility index (Phi) is 8.37. The molecule has 2 aromatic rings. The molecule has 8 heteroatoms. The highest BCUT2D eigenvalue weighted by atomic mass is 35.5. The molecule has 0 saturated carbocycles. The first kappa shape index (κ1) is 22.7. The van der Waals surface area contributed by atoms with Crippen molar-refractivity contribution in [2.75, 3.05) is 18.4 Å². The predicted molar refractivity (Wildman–Crippen MR) is 117 cm³/mol. The maximum Gasteiger partial charge on any atom is 0.244 e. The summed E-state index contributed by atoms with van der Waals surface area (Å²) in [5.41, 5.74) is 1.55. The van der Waals surface area contributed by atoms with Crippen molar-refractivity contribution < 1.29 is 13.2 Å². The number of rotatable bonds is 9. The van der Waals surface area contributed by atoms with Crippen LogP contribution in [-0.2, 0) is 20.6 Å². The van der Waals surface area contributed by atoms with Crippen LogP contribution in [0.5, 0.6) is 0 Å². The van der Waals surface area contributed by atoms with Crippen LogP contribution >= 0.6 is 23.4 Å². The lowest BCUT2D eigenvalue weighted by molar-refractivity contribution is -0.115. The summed E-state index contributed by atoms with van der Waals surface area (Å²) >= 11 is 7.65. The molecular weight excluding hydrogens is 416 g/mol. The fraction of sp³-hybridized carbons (Fsp3) is 0.350. The summed E-state index contributed by atoms with van der Waals surface area (Å²) in [5, 5.41) is 2.63. The van der Waals surface area contributed by atoms with Crippen LogP contribution in [0.2, 0.25) is 5.02 Å². The van der Waals surface area contributed by atoms with E-state index >= 15 is 0 Å². The van der Waals surface area contributed by atoms with Gasteiger partial charge in [-0.25, -0.2) is 8.42 Å². The van der Waals surface area contributed by atoms with Crippen molar-refractivity contribution in [1.82, 2.24) is 4.31 Å². The number of hydrogen-bond donors (Lipinski definition) is 1. The Labute approximate surface area is 176 Å². The van der Waals surface area contributed by atoms with E-state index in [4.69, 9.17) is 11.6 Å². The van der Waals surface area contributed by atoms with Crippen LogP contribution in [0.1, 0.15) is 26.3 Å². The van der Waals surface area contributed by atoms with Gasteiger partial charge in [0.25, 0.3) is 0 Å². The number of benzene rings is 2. The van der Waals surface area contributed by atoms with E-state index in [1.165, 1.54) is 28.2 Å². The Morgan fingerprint density at radius 2 is 1.79 bits per heavy atom. The molecule has 0 bridgehead atoms. The highest BCUT2D eigenvalue weighted by Crippen LogP contribution is 2.28. The molecule has 0 heterocycles. The number of nitrogens with one attached hydrogen (secondary N) is 1. The maximum atomic E-state index is 12.8. The van der Waals surface area contributed by atoms with E-state index in [1.807, 2.05) is 37.3 Å². The van der Waals surface area contributed by atoms with Crippen molar-refractivity contribution in [1.29, 1.82) is 0 Å². The molecule has 1 amide bonds. The summed E-state index contributed by atoms with van der Waals surface area (Å²) in [4.78, 5) is 12.5. The molecule has 1 atom stereocenters. The van der Waals surface area contributed by atoms with Gasteiger partial charge in [0.1, 0.15) is 4.90 Å². The molecule has 1 N–H and O–H groups in total. The Balaban J connectivity index is 2.10. The second-order valence-corrected chi connectivity index (χ2v) is 9.81. The normalized spacial score (nSPS) is 12.8. The first-order valence-corrected chi connectivity index (χ1v) is 11.9. The van der Waals surface area contributed by atoms with E-state index in [0.717, 1.165) is 11.3 Å². The van der Waals surface area contributed by atoms with Gasteiger partial charge in [0.15, 0.2) is 0 Å². The minimum Gasteiger partial charge on any atom is -0.325 e. The second-order valence-electron chi connectivity index (χ2n) is 6.16. The SMILES string of the molecule is CCN(CC)S(=O)(=O)c1cc(NC(=O)C(C)SCc2ccccc2)ccc1Cl. The van der Waals surface area contributed by atoms with Crippen molar-refractivity contribution in [3.8, 4) is 0 Å². The van der Waals surface area contributed by atoms with Crippen molar-refractivity contribution in [3.05, 3.63) is 59.1 Å². The van der Waals surface area contributed by atoms with Gasteiger partial charge >= 0.3 is 0 Å². The largest absolute Gasteiger partial charge is 0.325 e. The van der Waals surface area contributed by atoms with E-state index < -0.39 is 10.0 Å². The Hall–Kier alpha value is -1.54. The number of sulfonamides is 1. The van der Waals surface area contributed by atoms with Gasteiger partial charge < -0.3 is 5.32 Å². The van der Waals surface area contributed by atoms with Crippen LogP contribution in [0, 0.1) is 0 Å². The third kappa shape index (κ3) is 5.73. The lowest BCUT2D eigenvalue weighted by Gasteiger charge is -2.20. The first-order valence-electron chi connectivity index (χ1n) is 9.05. The quantitative estimate of drug-likeness (QED) is 0.617. The van der Waals surface area contributed by atoms with Gasteiger partial charge in [-0.15, -0.1) is 11.8 Å². The molecule has 0 fully saturated rings. The minimum atomic E-state index is -3.71. The van der Waals surface area contributed by atoms with Gasteiger partial charge in [-0.3, -0.25) is 4.79 Å². The van der Waals surface area contributed by atoms with E-state index in [1.54, 1.807) is 19.9 Å². The molecule has 0 aliphatic carbocycles. The zero-order chi connectivity index (χ0) is 20.7. The molecule has 0 radical (unpaired) electrons. The number of carbonyl (C=O) groups excluding carboxylic acids is 1. The second kappa shape index (κ2) is 10.3. The van der Waals surface area contributed by atoms with Gasteiger partial charge in [0.2, 0.25) is 15.9 Å². The van der Waals surface area contributed by atoms with E-state index in [0.29, 0.717) is 18.8 Å². The maximum absolute atomic E-state index is 12.8. The molecule has 0 saturated heterocycles. The fourth-order valence-corrected chi connectivity index (χ4v) is 5.40. The van der Waals surface area contributed by atoms with Crippen molar-refractivity contribution >= 4 is 45.0 Å². The van der Waals surface area contributed by atoms with Gasteiger partial charge in [0, 0.05) is 24.5 Å². The molecule has 28 heavy (non-hydrogen) atoms. The number of nitrogens with zero attached hydrogens (tertiary/aromatic N) is 1. The monoisotopic (exact) mass is 440 g/mol. The highest BCUT2D eigenvalue weighted by Gasteiger charge is 2.25. The average Bonchev–Trinajstić information content (AvgIpc) is 2.68. The van der Waals surface area contributed by atoms with Gasteiger partial charge in [0.05, 0.1) is 10.3 Å². The number of halogens is 1. The van der Waals surface area contributed by atoms with Crippen LogP contribution in [0.3, 0.4) is 0 Å². The minimum absolute atomic E-state index is 0.000239. The third-order valence-electron chi connectivity index (χ3n) is 4.23. The number of thioether (sulfide) groups is 1. The summed E-state index contributed by atoms with van der Waals surface area (Å²) in [6.45, 7) is 6.06. The summed E-state index contributed by atoms with van der Waals surface area (Å²) in [7, 11) is -3.71. The fourth-order valence-electron chi connectivity index (χ4n) is 2.60. The van der Waals surface area contributed by atoms with E-state index in [-0.39, 0.29) is 21.1 Å². The molecule has 0 spiro atoms. The molecule has 2 rings (SSSR count). The average molecular weight is 441 g/mol. The van der Waals surface area contributed by atoms with Crippen LogP contribution < -0.4 is 5.32 Å². The smallest absolute Gasteiger partial charge is 0.244 e. The molecule has 0 aliphatic heterocycles. The Morgan fingerprint density at radius 1 is 1.14 bits per heavy atom. The molecule has 0 aliphatic rings. The lowest BCUT2D eigenvalue weighted by atomic mass is 10.2. The highest BCUT2D eigenvalue weighted by molar-refractivity contribution is 7.99. The van der Waals surface area contributed by atoms with Crippen LogP contribution in [0.25, 0.3) is 0 Å². The third-order valence-corrected chi connectivity index (χ3v) is 7.98. The van der Waals surface area contributed by atoms with Crippen LogP contribution in [0.4, 0.5) is 5.69 Å². The predicted octanol–water partition coefficient (Wildman–Crippen LogP) is 4.63. The summed E-state index contributed by atoms with van der Waals surface area (Å²) in [6.07, 6.45) is 0. The van der Waals surface area contributed by atoms with Crippen LogP contribution in [-0.4, -0.2) is 37.0 Å². The zero-order valence-electron chi connectivity index (χ0n) is 16.2. The number of hydrogen-bond acceptors (Lipinski definition) is 4. The summed E-state index contributed by atoms with van der Waals surface area (Å²) in [6, 6.07) is 14.4. The van der Waals surface area contributed by atoms with E-state index in [2.05, 4.69) is 5.32 Å². The number of carbonyl (C=O) groups is 1. The molecule has 2 aromatic carbocycles. The molecular formula is C20H25ClN2O3S2. The van der Waals surface area contributed by atoms with Crippen molar-refractivity contribution in [3.63, 3.8) is 0 Å². The standard InChI is InChI=1S/C20H25ClN2O3S2/c1-4-23(5-2)28(25,26)19-13-17(11-12-18(19)21)22-20(24)15(3)27-14-16-9-7-6-8-10-16/h6-13,15H,4-5,14H2,1-3H3,(H,22,24). The first-order chi connectivity index (χ1) is 13.3. The van der Waals surface area contributed by atoms with E-state index in [9.17, 15) is 13.2 Å². The molecule has 0 aromatic heterocycles. The lowest BCUT2D eigenvalue weighted by Crippen LogP contribution is -2.31. The zero-order valence-corrected chi connectivity index (χ0v) is 18.6. The van der Waals surface area contributed by atoms with Crippen LogP contribution in [0.15, 0.2) is 53.4 Å². The van der Waals surface area contributed by atoms with Crippen molar-refractivity contribution in [2.45, 2.75) is 36.7 Å².